The van der Waals surface area contributed by atoms with E-state index >= 15 is 0 Å². The maximum atomic E-state index is 6.25. The van der Waals surface area contributed by atoms with Crippen molar-refractivity contribution in [2.45, 2.75) is 87.0 Å². The van der Waals surface area contributed by atoms with E-state index in [9.17, 15) is 0 Å². The molecule has 0 unspecified atom stereocenters. The standard InChI is InChI=1S/C37H47N4.CN.Pt/c1-22(2)29-17-33(23(3)4)37(34(18-29)24(5)6)30-15-31(40-20-38(11)27(9)28(40)10)19-32(16-30)41-21-39(12)35-13-25(7)26(8)14-36(35)41;1-2;/h13-18,20-24H,1-12H3;;/q-3;-1;+4. The monoisotopic (exact) mass is 768 g/mol. The van der Waals surface area contributed by atoms with Gasteiger partial charge in [-0.05, 0) is 111 Å². The van der Waals surface area contributed by atoms with Crippen LogP contribution in [-0.4, -0.2) is 19.0 Å². The SMILES string of the molecule is CC1=C(C)N(c2[c-]c(N3[CH-]N(C)c4cc(C)c(C)cc43)cc(-c3c(C(C)C)cc(C(C)C)cc3C(C)C)c2)[CH-]N1C.[C-]#N.[Pt+4]. The third kappa shape index (κ3) is 6.43. The molecule has 0 spiro atoms. The topological polar surface area (TPSA) is 36.8 Å². The summed E-state index contributed by atoms with van der Waals surface area (Å²) in [7, 11) is 4.25. The molecule has 0 bridgehead atoms. The van der Waals surface area contributed by atoms with Crippen LogP contribution in [0.25, 0.3) is 11.1 Å². The Balaban J connectivity index is 0.00000173. The summed E-state index contributed by atoms with van der Waals surface area (Å²) in [4.78, 5) is 9.02. The van der Waals surface area contributed by atoms with Crippen LogP contribution in [0.5, 0.6) is 0 Å². The summed E-state index contributed by atoms with van der Waals surface area (Å²) < 4.78 is 0. The van der Waals surface area contributed by atoms with Crippen molar-refractivity contribution in [1.82, 2.24) is 4.90 Å². The van der Waals surface area contributed by atoms with Crippen molar-refractivity contribution in [3.8, 4) is 11.1 Å². The summed E-state index contributed by atoms with van der Waals surface area (Å²) in [5, 5.41) is 6.25. The Hall–Kier alpha value is -3.22. The first-order chi connectivity index (χ1) is 20.3. The smallest absolute Gasteiger partial charge is 0.512 e. The Morgan fingerprint density at radius 2 is 1.11 bits per heavy atom. The molecule has 0 saturated carbocycles. The molecule has 0 amide bonds. The van der Waals surface area contributed by atoms with Gasteiger partial charge in [-0.15, -0.1) is 35.1 Å². The van der Waals surface area contributed by atoms with Crippen LogP contribution in [0.2, 0.25) is 0 Å². The van der Waals surface area contributed by atoms with Gasteiger partial charge < -0.3 is 31.4 Å². The Morgan fingerprint density at radius 3 is 1.57 bits per heavy atom. The van der Waals surface area contributed by atoms with Crippen molar-refractivity contribution in [2.75, 3.05) is 28.8 Å². The van der Waals surface area contributed by atoms with E-state index in [1.165, 1.54) is 61.7 Å². The summed E-state index contributed by atoms with van der Waals surface area (Å²) in [6.07, 6.45) is 0. The van der Waals surface area contributed by atoms with Gasteiger partial charge in [0, 0.05) is 17.1 Å². The van der Waals surface area contributed by atoms with E-state index in [4.69, 9.17) is 11.8 Å². The van der Waals surface area contributed by atoms with Crippen LogP contribution in [0, 0.1) is 45.1 Å². The number of hydrogen-bond donors (Lipinski definition) is 0. The minimum atomic E-state index is 0. The van der Waals surface area contributed by atoms with Gasteiger partial charge in [-0.3, -0.25) is 0 Å². The van der Waals surface area contributed by atoms with Crippen molar-refractivity contribution in [2.24, 2.45) is 0 Å². The quantitative estimate of drug-likeness (QED) is 0.234. The fraction of sp³-hybridized carbons (Fsp3) is 0.395. The molecule has 0 N–H and O–H groups in total. The predicted octanol–water partition coefficient (Wildman–Crippen LogP) is 10.1. The minimum absolute atomic E-state index is 0. The van der Waals surface area contributed by atoms with Crippen molar-refractivity contribution >= 4 is 22.7 Å². The van der Waals surface area contributed by atoms with Crippen LogP contribution in [0.1, 0.15) is 101 Å². The van der Waals surface area contributed by atoms with Crippen LogP contribution in [-0.2, 0) is 21.1 Å². The predicted molar refractivity (Wildman–Crippen MR) is 182 cm³/mol. The zero-order chi connectivity index (χ0) is 31.9. The van der Waals surface area contributed by atoms with Gasteiger partial charge in [0.25, 0.3) is 0 Å². The molecule has 2 aliphatic rings. The molecule has 5 rings (SSSR count). The first-order valence-corrected chi connectivity index (χ1v) is 15.3. The third-order valence-corrected chi connectivity index (χ3v) is 9.00. The van der Waals surface area contributed by atoms with Gasteiger partial charge in [0.1, 0.15) is 0 Å². The molecule has 234 valence electrons. The number of allylic oxidation sites excluding steroid dienone is 2. The van der Waals surface area contributed by atoms with Crippen molar-refractivity contribution < 1.29 is 21.1 Å². The fourth-order valence-electron chi connectivity index (χ4n) is 6.00. The molecule has 0 radical (unpaired) electrons. The Labute approximate surface area is 281 Å². The number of aryl methyl sites for hydroxylation is 2. The van der Waals surface area contributed by atoms with Crippen molar-refractivity contribution in [1.29, 1.82) is 5.26 Å². The van der Waals surface area contributed by atoms with E-state index < -0.39 is 0 Å². The van der Waals surface area contributed by atoms with Gasteiger partial charge in [-0.25, -0.2) is 0 Å². The molecule has 5 nitrogen and oxygen atoms in total. The number of benzene rings is 3. The molecular weight excluding hydrogens is 722 g/mol. The average molecular weight is 769 g/mol. The molecule has 44 heavy (non-hydrogen) atoms. The van der Waals surface area contributed by atoms with Crippen LogP contribution in [0.3, 0.4) is 0 Å². The summed E-state index contributed by atoms with van der Waals surface area (Å²) >= 11 is 0. The van der Waals surface area contributed by atoms with E-state index in [-0.39, 0.29) is 21.1 Å². The Kier molecular flexibility index (Phi) is 11.1. The molecule has 0 atom stereocenters. The van der Waals surface area contributed by atoms with Gasteiger partial charge in [0.2, 0.25) is 0 Å². The van der Waals surface area contributed by atoms with Crippen LogP contribution < -0.4 is 14.7 Å². The second-order valence-electron chi connectivity index (χ2n) is 13.0. The minimum Gasteiger partial charge on any atom is -0.512 e. The van der Waals surface area contributed by atoms with Crippen LogP contribution in [0.15, 0.2) is 47.8 Å². The molecule has 0 aromatic heterocycles. The number of fused-ring (bicyclic) bond motifs is 1. The number of anilines is 4. The van der Waals surface area contributed by atoms with Crippen molar-refractivity contribution in [3.05, 3.63) is 102 Å². The molecule has 2 heterocycles. The molecule has 0 fully saturated rings. The van der Waals surface area contributed by atoms with Gasteiger partial charge in [0.15, 0.2) is 0 Å². The Morgan fingerprint density at radius 1 is 0.636 bits per heavy atom. The zero-order valence-corrected chi connectivity index (χ0v) is 30.7. The van der Waals surface area contributed by atoms with Gasteiger partial charge in [-0.2, -0.15) is 13.3 Å². The fourth-order valence-corrected chi connectivity index (χ4v) is 6.00. The molecular formula is C38H47N5Pt. The average Bonchev–Trinajstić information content (AvgIpc) is 3.43. The molecule has 6 heteroatoms. The molecule has 0 saturated heterocycles. The number of rotatable bonds is 6. The van der Waals surface area contributed by atoms with E-state index in [0.717, 1.165) is 11.4 Å². The first kappa shape index (κ1) is 35.3. The van der Waals surface area contributed by atoms with Crippen molar-refractivity contribution in [3.63, 3.8) is 0 Å². The maximum Gasteiger partial charge on any atom is 4.00 e. The molecule has 0 aliphatic carbocycles. The largest absolute Gasteiger partial charge is 4.00 e. The normalized spacial score (nSPS) is 14.5. The van der Waals surface area contributed by atoms with Gasteiger partial charge >= 0.3 is 21.1 Å². The Bertz CT molecular complexity index is 1540. The van der Waals surface area contributed by atoms with E-state index in [0.29, 0.717) is 17.8 Å². The summed E-state index contributed by atoms with van der Waals surface area (Å²) in [5.41, 5.74) is 16.5. The number of hydrogen-bond acceptors (Lipinski definition) is 5. The third-order valence-electron chi connectivity index (χ3n) is 9.00. The molecule has 3 aromatic carbocycles. The van der Waals surface area contributed by atoms with Crippen LogP contribution >= 0.6 is 0 Å². The zero-order valence-electron chi connectivity index (χ0n) is 28.4. The van der Waals surface area contributed by atoms with E-state index in [1.807, 2.05) is 0 Å². The van der Waals surface area contributed by atoms with E-state index in [2.05, 4.69) is 159 Å². The summed E-state index contributed by atoms with van der Waals surface area (Å²) in [6, 6.07) is 18.0. The summed E-state index contributed by atoms with van der Waals surface area (Å²) in [6.45, 7) is 31.8. The summed E-state index contributed by atoms with van der Waals surface area (Å²) in [5.74, 6) is 1.29. The van der Waals surface area contributed by atoms with Gasteiger partial charge in [-0.1, -0.05) is 53.7 Å². The second-order valence-corrected chi connectivity index (χ2v) is 13.0. The van der Waals surface area contributed by atoms with Gasteiger partial charge in [0.05, 0.1) is 0 Å². The van der Waals surface area contributed by atoms with E-state index in [1.54, 1.807) is 0 Å². The first-order valence-electron chi connectivity index (χ1n) is 15.3. The molecule has 2 aliphatic heterocycles. The molecule has 3 aromatic rings. The number of nitrogens with zero attached hydrogens (tertiary/aromatic N) is 5. The second kappa shape index (κ2) is 13.8. The maximum absolute atomic E-state index is 6.25. The van der Waals surface area contributed by atoms with Crippen LogP contribution in [0.4, 0.5) is 22.7 Å².